The molecule has 7 heteroatoms. The summed E-state index contributed by atoms with van der Waals surface area (Å²) >= 11 is 0. The van der Waals surface area contributed by atoms with E-state index in [4.69, 9.17) is 4.74 Å². The zero-order valence-corrected chi connectivity index (χ0v) is 13.7. The summed E-state index contributed by atoms with van der Waals surface area (Å²) < 4.78 is 9.90. The van der Waals surface area contributed by atoms with Crippen molar-refractivity contribution >= 4 is 12.1 Å². The summed E-state index contributed by atoms with van der Waals surface area (Å²) in [5.41, 5.74) is 0.0986. The van der Waals surface area contributed by atoms with Crippen LogP contribution in [0.25, 0.3) is 0 Å². The predicted octanol–water partition coefficient (Wildman–Crippen LogP) is 2.60. The monoisotopic (exact) mass is 311 g/mol. The Morgan fingerprint density at radius 2 is 1.95 bits per heavy atom. The largest absolute Gasteiger partial charge is 0.462 e. The van der Waals surface area contributed by atoms with Gasteiger partial charge in [0.25, 0.3) is 0 Å². The highest BCUT2D eigenvalue weighted by Crippen LogP contribution is 2.14. The molecule has 1 saturated heterocycles. The van der Waals surface area contributed by atoms with Gasteiger partial charge in [-0.3, -0.25) is 5.10 Å². The summed E-state index contributed by atoms with van der Waals surface area (Å²) in [7, 11) is 0. The lowest BCUT2D eigenvalue weighted by atomic mass is 10.2. The molecule has 0 radical (unpaired) electrons. The van der Waals surface area contributed by atoms with E-state index in [0.29, 0.717) is 12.2 Å². The van der Waals surface area contributed by atoms with Gasteiger partial charge in [-0.25, -0.2) is 9.59 Å². The number of carbonyl (C=O) groups excluding carboxylic acids is 2. The molecule has 0 bridgehead atoms. The first-order chi connectivity index (χ1) is 10.3. The lowest BCUT2D eigenvalue weighted by molar-refractivity contribution is 0.0294. The molecule has 1 fully saturated rings. The Labute approximate surface area is 131 Å². The van der Waals surface area contributed by atoms with Crippen molar-refractivity contribution in [2.45, 2.75) is 46.1 Å². The molecule has 0 atom stereocenters. The number of carbonyl (C=O) groups is 2. The second kappa shape index (κ2) is 8.41. The SMILES string of the molecule is CC(C)(C)OC(=O)N1CCCC1.CCOC(=O)c1cn[nH]c1. The van der Waals surface area contributed by atoms with E-state index in [1.807, 2.05) is 20.8 Å². The van der Waals surface area contributed by atoms with E-state index in [1.165, 1.54) is 12.4 Å². The highest BCUT2D eigenvalue weighted by atomic mass is 16.6. The number of aromatic amines is 1. The van der Waals surface area contributed by atoms with E-state index < -0.39 is 0 Å². The second-order valence-corrected chi connectivity index (χ2v) is 5.88. The Morgan fingerprint density at radius 1 is 1.32 bits per heavy atom. The fourth-order valence-electron chi connectivity index (χ4n) is 1.80. The zero-order chi connectivity index (χ0) is 16.6. The topological polar surface area (TPSA) is 84.5 Å². The molecular weight excluding hydrogens is 286 g/mol. The molecule has 1 aromatic heterocycles. The van der Waals surface area contributed by atoms with E-state index in [0.717, 1.165) is 25.9 Å². The number of nitrogens with zero attached hydrogens (tertiary/aromatic N) is 2. The molecule has 0 aliphatic carbocycles. The van der Waals surface area contributed by atoms with Crippen molar-refractivity contribution in [2.75, 3.05) is 19.7 Å². The number of aromatic nitrogens is 2. The number of hydrogen-bond donors (Lipinski definition) is 1. The van der Waals surface area contributed by atoms with Gasteiger partial charge in [-0.1, -0.05) is 0 Å². The second-order valence-electron chi connectivity index (χ2n) is 5.88. The van der Waals surface area contributed by atoms with Crippen molar-refractivity contribution < 1.29 is 19.1 Å². The van der Waals surface area contributed by atoms with Crippen LogP contribution in [0.3, 0.4) is 0 Å². The highest BCUT2D eigenvalue weighted by molar-refractivity contribution is 5.88. The van der Waals surface area contributed by atoms with Gasteiger partial charge in [0.05, 0.1) is 18.4 Å². The van der Waals surface area contributed by atoms with Crippen LogP contribution in [0.1, 0.15) is 50.9 Å². The van der Waals surface area contributed by atoms with Crippen molar-refractivity contribution in [1.82, 2.24) is 15.1 Å². The average molecular weight is 311 g/mol. The number of nitrogens with one attached hydrogen (secondary N) is 1. The van der Waals surface area contributed by atoms with E-state index >= 15 is 0 Å². The number of likely N-dealkylation sites (tertiary alicyclic amines) is 1. The molecule has 2 heterocycles. The molecule has 0 saturated carbocycles. The number of esters is 1. The first-order valence-corrected chi connectivity index (χ1v) is 7.47. The lowest BCUT2D eigenvalue weighted by Gasteiger charge is -2.23. The molecule has 0 spiro atoms. The first-order valence-electron chi connectivity index (χ1n) is 7.47. The van der Waals surface area contributed by atoms with Gasteiger partial charge in [0.1, 0.15) is 5.60 Å². The van der Waals surface area contributed by atoms with Crippen LogP contribution in [-0.2, 0) is 9.47 Å². The normalized spacial score (nSPS) is 14.1. The van der Waals surface area contributed by atoms with Crippen molar-refractivity contribution in [1.29, 1.82) is 0 Å². The predicted molar refractivity (Wildman–Crippen MR) is 81.6 cm³/mol. The van der Waals surface area contributed by atoms with Crippen molar-refractivity contribution in [3.63, 3.8) is 0 Å². The summed E-state index contributed by atoms with van der Waals surface area (Å²) in [6.45, 7) is 9.54. The highest BCUT2D eigenvalue weighted by Gasteiger charge is 2.23. The summed E-state index contributed by atoms with van der Waals surface area (Å²) in [4.78, 5) is 24.0. The molecule has 7 nitrogen and oxygen atoms in total. The van der Waals surface area contributed by atoms with E-state index in [9.17, 15) is 9.59 Å². The van der Waals surface area contributed by atoms with Gasteiger partial charge in [-0.2, -0.15) is 5.10 Å². The molecule has 2 rings (SSSR count). The number of amides is 1. The molecular formula is C15H25N3O4. The van der Waals surface area contributed by atoms with Crippen LogP contribution < -0.4 is 0 Å². The number of rotatable bonds is 2. The van der Waals surface area contributed by atoms with Crippen LogP contribution in [-0.4, -0.2) is 52.5 Å². The summed E-state index contributed by atoms with van der Waals surface area (Å²) in [6.07, 6.45) is 4.98. The molecule has 22 heavy (non-hydrogen) atoms. The van der Waals surface area contributed by atoms with Crippen LogP contribution in [0.5, 0.6) is 0 Å². The fourth-order valence-corrected chi connectivity index (χ4v) is 1.80. The molecule has 1 N–H and O–H groups in total. The van der Waals surface area contributed by atoms with Gasteiger partial charge >= 0.3 is 12.1 Å². The number of H-pyrrole nitrogens is 1. The standard InChI is InChI=1S/C9H17NO2.C6H8N2O2/c1-9(2,3)12-8(11)10-6-4-5-7-10;1-2-10-6(9)5-3-7-8-4-5/h4-7H2,1-3H3;3-4H,2H2,1H3,(H,7,8). The minimum Gasteiger partial charge on any atom is -0.462 e. The van der Waals surface area contributed by atoms with Gasteiger partial charge in [0.2, 0.25) is 0 Å². The van der Waals surface area contributed by atoms with Gasteiger partial charge in [0.15, 0.2) is 0 Å². The van der Waals surface area contributed by atoms with Crippen LogP contribution in [0, 0.1) is 0 Å². The molecule has 0 unspecified atom stereocenters. The van der Waals surface area contributed by atoms with Crippen molar-refractivity contribution in [3.8, 4) is 0 Å². The lowest BCUT2D eigenvalue weighted by Crippen LogP contribution is -2.34. The Balaban J connectivity index is 0.000000224. The number of ether oxygens (including phenoxy) is 2. The Morgan fingerprint density at radius 3 is 2.41 bits per heavy atom. The van der Waals surface area contributed by atoms with Gasteiger partial charge in [-0.15, -0.1) is 0 Å². The quantitative estimate of drug-likeness (QED) is 0.849. The molecule has 1 aliphatic heterocycles. The van der Waals surface area contributed by atoms with Crippen LogP contribution in [0.15, 0.2) is 12.4 Å². The Bertz CT molecular complexity index is 460. The van der Waals surface area contributed by atoms with E-state index in [2.05, 4.69) is 14.9 Å². The fraction of sp³-hybridized carbons (Fsp3) is 0.667. The maximum atomic E-state index is 11.4. The van der Waals surface area contributed by atoms with Crippen molar-refractivity contribution in [3.05, 3.63) is 18.0 Å². The molecule has 0 aromatic carbocycles. The summed E-state index contributed by atoms with van der Waals surface area (Å²) in [5.74, 6) is -0.337. The minimum absolute atomic E-state index is 0.167. The molecule has 124 valence electrons. The average Bonchev–Trinajstić information content (AvgIpc) is 3.12. The number of hydrogen-bond acceptors (Lipinski definition) is 5. The third kappa shape index (κ3) is 6.60. The molecule has 1 aliphatic rings. The van der Waals surface area contributed by atoms with Crippen LogP contribution >= 0.6 is 0 Å². The van der Waals surface area contributed by atoms with Crippen molar-refractivity contribution in [2.24, 2.45) is 0 Å². The van der Waals surface area contributed by atoms with E-state index in [1.54, 1.807) is 11.8 Å². The third-order valence-electron chi connectivity index (χ3n) is 2.77. The summed E-state index contributed by atoms with van der Waals surface area (Å²) in [6, 6.07) is 0. The maximum Gasteiger partial charge on any atom is 0.410 e. The minimum atomic E-state index is -0.361. The van der Waals surface area contributed by atoms with Crippen LogP contribution in [0.2, 0.25) is 0 Å². The van der Waals surface area contributed by atoms with Gasteiger partial charge < -0.3 is 14.4 Å². The summed E-state index contributed by atoms with van der Waals surface area (Å²) in [5, 5.41) is 6.12. The van der Waals surface area contributed by atoms with E-state index in [-0.39, 0.29) is 17.7 Å². The van der Waals surface area contributed by atoms with Gasteiger partial charge in [0, 0.05) is 19.3 Å². The molecule has 1 amide bonds. The maximum absolute atomic E-state index is 11.4. The third-order valence-corrected chi connectivity index (χ3v) is 2.77. The smallest absolute Gasteiger partial charge is 0.410 e. The Kier molecular flexibility index (Phi) is 6.88. The van der Waals surface area contributed by atoms with Crippen LogP contribution in [0.4, 0.5) is 4.79 Å². The zero-order valence-electron chi connectivity index (χ0n) is 13.7. The van der Waals surface area contributed by atoms with Gasteiger partial charge in [-0.05, 0) is 40.5 Å². The molecule has 1 aromatic rings. The Hall–Kier alpha value is -2.05. The first kappa shape index (κ1) is 18.0.